The van der Waals surface area contributed by atoms with Crippen molar-refractivity contribution in [3.8, 4) is 22.4 Å². The number of aryl methyl sites for hydroxylation is 1. The van der Waals surface area contributed by atoms with Crippen molar-refractivity contribution in [1.82, 2.24) is 15.0 Å². The highest BCUT2D eigenvalue weighted by atomic mass is 16.5. The summed E-state index contributed by atoms with van der Waals surface area (Å²) in [5, 5.41) is 5.83. The van der Waals surface area contributed by atoms with Crippen molar-refractivity contribution in [2.75, 3.05) is 23.8 Å². The number of hydrogen-bond donors (Lipinski definition) is 2. The third-order valence-corrected chi connectivity index (χ3v) is 5.99. The van der Waals surface area contributed by atoms with Gasteiger partial charge in [0.05, 0.1) is 30.1 Å². The molecule has 2 amide bonds. The van der Waals surface area contributed by atoms with Crippen LogP contribution in [0.1, 0.15) is 25.0 Å². The van der Waals surface area contributed by atoms with E-state index in [2.05, 4.69) is 25.6 Å². The van der Waals surface area contributed by atoms with E-state index >= 15 is 0 Å². The van der Waals surface area contributed by atoms with Crippen LogP contribution in [0.25, 0.3) is 22.4 Å². The van der Waals surface area contributed by atoms with Crippen LogP contribution < -0.4 is 10.6 Å². The Morgan fingerprint density at radius 1 is 0.939 bits per heavy atom. The van der Waals surface area contributed by atoms with Crippen LogP contribution in [-0.4, -0.2) is 40.0 Å². The van der Waals surface area contributed by atoms with Crippen molar-refractivity contribution in [2.45, 2.75) is 26.2 Å². The molecule has 2 aliphatic rings. The van der Waals surface area contributed by atoms with Crippen LogP contribution in [-0.2, 0) is 14.3 Å². The van der Waals surface area contributed by atoms with Gasteiger partial charge in [0, 0.05) is 35.4 Å². The van der Waals surface area contributed by atoms with Gasteiger partial charge in [-0.15, -0.1) is 0 Å². The van der Waals surface area contributed by atoms with E-state index in [-0.39, 0.29) is 23.7 Å². The fourth-order valence-electron chi connectivity index (χ4n) is 3.88. The van der Waals surface area contributed by atoms with Gasteiger partial charge in [0.2, 0.25) is 11.8 Å². The normalized spacial score (nSPS) is 17.5. The molecule has 3 heterocycles. The quantitative estimate of drug-likeness (QED) is 0.600. The number of carbonyl (C=O) groups excluding carboxylic acids is 2. The molecule has 0 bridgehead atoms. The first kappa shape index (κ1) is 21.2. The summed E-state index contributed by atoms with van der Waals surface area (Å²) in [6.45, 7) is 3.02. The molecule has 0 spiro atoms. The first-order chi connectivity index (χ1) is 16.1. The molecule has 8 heteroatoms. The minimum Gasteiger partial charge on any atom is -0.381 e. The van der Waals surface area contributed by atoms with Crippen LogP contribution in [0.3, 0.4) is 0 Å². The summed E-state index contributed by atoms with van der Waals surface area (Å²) in [5.41, 5.74) is 5.01. The summed E-state index contributed by atoms with van der Waals surface area (Å²) in [4.78, 5) is 37.6. The van der Waals surface area contributed by atoms with Gasteiger partial charge < -0.3 is 15.4 Å². The smallest absolute Gasteiger partial charge is 0.229 e. The monoisotopic (exact) mass is 443 g/mol. The average Bonchev–Trinajstić information content (AvgIpc) is 3.54. The maximum Gasteiger partial charge on any atom is 0.229 e. The highest BCUT2D eigenvalue weighted by Crippen LogP contribution is 2.31. The molecule has 1 atom stereocenters. The van der Waals surface area contributed by atoms with Gasteiger partial charge in [0.15, 0.2) is 0 Å². The Balaban J connectivity index is 1.38. The van der Waals surface area contributed by atoms with E-state index in [9.17, 15) is 9.59 Å². The van der Waals surface area contributed by atoms with Gasteiger partial charge in [-0.1, -0.05) is 18.2 Å². The fraction of sp³-hybridized carbons (Fsp3) is 0.320. The third-order valence-electron chi connectivity index (χ3n) is 5.99. The van der Waals surface area contributed by atoms with Gasteiger partial charge in [-0.05, 0) is 43.9 Å². The number of aromatic nitrogens is 3. The minimum atomic E-state index is -0.120. The zero-order valence-corrected chi connectivity index (χ0v) is 18.4. The van der Waals surface area contributed by atoms with Gasteiger partial charge >= 0.3 is 0 Å². The van der Waals surface area contributed by atoms with Gasteiger partial charge in [-0.3, -0.25) is 14.6 Å². The second kappa shape index (κ2) is 9.07. The number of rotatable bonds is 6. The molecule has 168 valence electrons. The van der Waals surface area contributed by atoms with Gasteiger partial charge in [0.25, 0.3) is 0 Å². The number of amides is 2. The second-order valence-corrected chi connectivity index (χ2v) is 8.54. The molecule has 1 aromatic carbocycles. The topological polar surface area (TPSA) is 106 Å². The van der Waals surface area contributed by atoms with Crippen LogP contribution in [0.2, 0.25) is 0 Å². The number of ether oxygens (including phenoxy) is 1. The molecule has 2 aromatic heterocycles. The van der Waals surface area contributed by atoms with E-state index in [1.807, 2.05) is 37.3 Å². The molecule has 0 radical (unpaired) electrons. The highest BCUT2D eigenvalue weighted by molar-refractivity contribution is 5.94. The van der Waals surface area contributed by atoms with Crippen molar-refractivity contribution in [2.24, 2.45) is 11.8 Å². The molecule has 1 saturated carbocycles. The van der Waals surface area contributed by atoms with Crippen molar-refractivity contribution in [3.05, 3.63) is 54.6 Å². The number of nitrogens with one attached hydrogen (secondary N) is 2. The number of hydrogen-bond acceptors (Lipinski definition) is 6. The van der Waals surface area contributed by atoms with Crippen LogP contribution in [0.4, 0.5) is 11.5 Å². The lowest BCUT2D eigenvalue weighted by Crippen LogP contribution is -2.22. The predicted octanol–water partition coefficient (Wildman–Crippen LogP) is 3.84. The van der Waals surface area contributed by atoms with E-state index in [1.165, 1.54) is 6.33 Å². The summed E-state index contributed by atoms with van der Waals surface area (Å²) >= 11 is 0. The molecule has 1 aliphatic heterocycles. The van der Waals surface area contributed by atoms with Gasteiger partial charge in [0.1, 0.15) is 12.1 Å². The molecule has 3 aromatic rings. The summed E-state index contributed by atoms with van der Waals surface area (Å²) in [6, 6.07) is 11.7. The van der Waals surface area contributed by atoms with E-state index in [4.69, 9.17) is 4.74 Å². The van der Waals surface area contributed by atoms with E-state index in [0.717, 1.165) is 41.6 Å². The van der Waals surface area contributed by atoms with Gasteiger partial charge in [-0.25, -0.2) is 9.97 Å². The first-order valence-corrected chi connectivity index (χ1v) is 11.2. The second-order valence-electron chi connectivity index (χ2n) is 8.54. The first-order valence-electron chi connectivity index (χ1n) is 11.2. The number of carbonyl (C=O) groups is 2. The minimum absolute atomic E-state index is 0.0122. The molecule has 2 N–H and O–H groups in total. The molecule has 1 aliphatic carbocycles. The number of benzene rings is 1. The fourth-order valence-corrected chi connectivity index (χ4v) is 3.88. The summed E-state index contributed by atoms with van der Waals surface area (Å²) in [6.07, 6.45) is 5.75. The average molecular weight is 444 g/mol. The molecule has 2 fully saturated rings. The van der Waals surface area contributed by atoms with Crippen molar-refractivity contribution in [3.63, 3.8) is 0 Å². The number of pyridine rings is 1. The zero-order valence-electron chi connectivity index (χ0n) is 18.4. The standard InChI is InChI=1S/C25H25N5O3/c1-15-21(10-20(12-26-15)29-25(32)19-7-8-33-13-19)17-3-2-4-18(9-17)22-11-23(28-14-27-22)30-24(31)16-5-6-16/h2-4,9-12,14,16,19H,5-8,13H2,1H3,(H,29,32)(H,27,28,30,31). The maximum atomic E-state index is 12.5. The molecule has 33 heavy (non-hydrogen) atoms. The summed E-state index contributed by atoms with van der Waals surface area (Å²) in [7, 11) is 0. The SMILES string of the molecule is Cc1ncc(NC(=O)C2CCOC2)cc1-c1cccc(-c2cc(NC(=O)C3CC3)ncn2)c1. The molecule has 1 unspecified atom stereocenters. The van der Waals surface area contributed by atoms with Crippen molar-refractivity contribution in [1.29, 1.82) is 0 Å². The Labute approximate surface area is 191 Å². The predicted molar refractivity (Wildman–Crippen MR) is 124 cm³/mol. The maximum absolute atomic E-state index is 12.5. The molecule has 1 saturated heterocycles. The third kappa shape index (κ3) is 4.90. The molecular weight excluding hydrogens is 418 g/mol. The Morgan fingerprint density at radius 3 is 2.55 bits per heavy atom. The van der Waals surface area contributed by atoms with Crippen molar-refractivity contribution >= 4 is 23.3 Å². The Kier molecular flexibility index (Phi) is 5.83. The summed E-state index contributed by atoms with van der Waals surface area (Å²) < 4.78 is 5.32. The van der Waals surface area contributed by atoms with E-state index in [1.54, 1.807) is 12.3 Å². The van der Waals surface area contributed by atoms with Gasteiger partial charge in [-0.2, -0.15) is 0 Å². The van der Waals surface area contributed by atoms with E-state index in [0.29, 0.717) is 30.4 Å². The lowest BCUT2D eigenvalue weighted by molar-refractivity contribution is -0.120. The number of anilines is 2. The molecular formula is C25H25N5O3. The Hall–Kier alpha value is -3.65. The van der Waals surface area contributed by atoms with Crippen LogP contribution in [0.15, 0.2) is 48.9 Å². The lowest BCUT2D eigenvalue weighted by atomic mass is 10.00. The van der Waals surface area contributed by atoms with E-state index < -0.39 is 0 Å². The van der Waals surface area contributed by atoms with Crippen molar-refractivity contribution < 1.29 is 14.3 Å². The highest BCUT2D eigenvalue weighted by Gasteiger charge is 2.29. The number of nitrogens with zero attached hydrogens (tertiary/aromatic N) is 3. The summed E-state index contributed by atoms with van der Waals surface area (Å²) in [5.74, 6) is 0.458. The van der Waals surface area contributed by atoms with Crippen LogP contribution in [0.5, 0.6) is 0 Å². The molecule has 5 rings (SSSR count). The largest absolute Gasteiger partial charge is 0.381 e. The zero-order chi connectivity index (χ0) is 22.8. The van der Waals surface area contributed by atoms with Crippen LogP contribution >= 0.6 is 0 Å². The molecule has 8 nitrogen and oxygen atoms in total. The Bertz CT molecular complexity index is 1200. The lowest BCUT2D eigenvalue weighted by Gasteiger charge is -2.13. The van der Waals surface area contributed by atoms with Crippen LogP contribution in [0, 0.1) is 18.8 Å². The Morgan fingerprint density at radius 2 is 1.76 bits per heavy atom.